The van der Waals surface area contributed by atoms with Crippen molar-refractivity contribution in [1.29, 1.82) is 0 Å². The number of imidazole rings is 1. The van der Waals surface area contributed by atoms with E-state index < -0.39 is 4.92 Å². The third-order valence-electron chi connectivity index (χ3n) is 4.78. The van der Waals surface area contributed by atoms with Crippen LogP contribution in [0.2, 0.25) is 0 Å². The van der Waals surface area contributed by atoms with E-state index >= 15 is 0 Å². The van der Waals surface area contributed by atoms with Crippen LogP contribution < -0.4 is 4.74 Å². The summed E-state index contributed by atoms with van der Waals surface area (Å²) in [4.78, 5) is 25.5. The Morgan fingerprint density at radius 3 is 2.48 bits per heavy atom. The molecule has 29 heavy (non-hydrogen) atoms. The molecule has 2 aromatic carbocycles. The SMILES string of the molecule is CC(=O)c1ccc(-c2ccc(CO[C@@H]3COc4nc([N+](=O)[O-])cn4C3)cc2)cc1. The van der Waals surface area contributed by atoms with Crippen LogP contribution in [0.3, 0.4) is 0 Å². The van der Waals surface area contributed by atoms with Gasteiger partial charge in [0.25, 0.3) is 0 Å². The van der Waals surface area contributed by atoms with Gasteiger partial charge in [-0.05, 0) is 28.5 Å². The van der Waals surface area contributed by atoms with Crippen LogP contribution in [0.5, 0.6) is 6.01 Å². The van der Waals surface area contributed by atoms with Gasteiger partial charge in [-0.25, -0.2) is 0 Å². The smallest absolute Gasteiger partial charge is 0.414 e. The van der Waals surface area contributed by atoms with Crippen LogP contribution in [0.1, 0.15) is 22.8 Å². The summed E-state index contributed by atoms with van der Waals surface area (Å²) in [5.74, 6) is -0.180. The molecule has 0 fully saturated rings. The maximum absolute atomic E-state index is 11.4. The third-order valence-corrected chi connectivity index (χ3v) is 4.78. The van der Waals surface area contributed by atoms with E-state index in [9.17, 15) is 14.9 Å². The Morgan fingerprint density at radius 2 is 1.86 bits per heavy atom. The molecule has 8 heteroatoms. The average Bonchev–Trinajstić information content (AvgIpc) is 3.16. The lowest BCUT2D eigenvalue weighted by molar-refractivity contribution is -0.389. The first-order valence-corrected chi connectivity index (χ1v) is 9.16. The highest BCUT2D eigenvalue weighted by molar-refractivity contribution is 5.94. The Kier molecular flexibility index (Phi) is 5.09. The number of fused-ring (bicyclic) bond motifs is 1. The molecule has 0 aliphatic carbocycles. The molecule has 0 radical (unpaired) electrons. The molecule has 8 nitrogen and oxygen atoms in total. The zero-order chi connectivity index (χ0) is 20.4. The summed E-state index contributed by atoms with van der Waals surface area (Å²) in [6.45, 7) is 2.71. The number of nitro groups is 1. The van der Waals surface area contributed by atoms with Gasteiger partial charge in [-0.1, -0.05) is 48.5 Å². The van der Waals surface area contributed by atoms with Crippen molar-refractivity contribution in [3.63, 3.8) is 0 Å². The number of hydrogen-bond acceptors (Lipinski definition) is 6. The van der Waals surface area contributed by atoms with E-state index in [2.05, 4.69) is 4.98 Å². The van der Waals surface area contributed by atoms with Crippen molar-refractivity contribution in [2.75, 3.05) is 6.61 Å². The molecule has 3 aromatic rings. The van der Waals surface area contributed by atoms with E-state index in [1.165, 1.54) is 6.20 Å². The average molecular weight is 393 g/mol. The molecule has 1 aromatic heterocycles. The highest BCUT2D eigenvalue weighted by Crippen LogP contribution is 2.24. The van der Waals surface area contributed by atoms with E-state index in [1.54, 1.807) is 11.5 Å². The molecule has 1 aliphatic heterocycles. The van der Waals surface area contributed by atoms with Crippen molar-refractivity contribution in [1.82, 2.24) is 9.55 Å². The van der Waals surface area contributed by atoms with Crippen LogP contribution in [-0.4, -0.2) is 33.0 Å². The quantitative estimate of drug-likeness (QED) is 0.360. The summed E-state index contributed by atoms with van der Waals surface area (Å²) in [6.07, 6.45) is 1.15. The fourth-order valence-corrected chi connectivity index (χ4v) is 3.16. The molecule has 1 aliphatic rings. The van der Waals surface area contributed by atoms with Gasteiger partial charge < -0.3 is 19.6 Å². The number of aromatic nitrogens is 2. The number of carbonyl (C=O) groups is 1. The van der Waals surface area contributed by atoms with Crippen LogP contribution >= 0.6 is 0 Å². The summed E-state index contributed by atoms with van der Waals surface area (Å²) in [7, 11) is 0. The molecule has 0 N–H and O–H groups in total. The zero-order valence-corrected chi connectivity index (χ0v) is 15.8. The predicted octanol–water partition coefficient (Wildman–Crippen LogP) is 3.64. The maximum Gasteiger partial charge on any atom is 0.414 e. The summed E-state index contributed by atoms with van der Waals surface area (Å²) < 4.78 is 13.0. The van der Waals surface area contributed by atoms with E-state index in [0.29, 0.717) is 25.3 Å². The van der Waals surface area contributed by atoms with Gasteiger partial charge >= 0.3 is 11.8 Å². The van der Waals surface area contributed by atoms with Gasteiger partial charge in [0, 0.05) is 10.5 Å². The summed E-state index contributed by atoms with van der Waals surface area (Å²) >= 11 is 0. The number of ketones is 1. The fourth-order valence-electron chi connectivity index (χ4n) is 3.16. The molecule has 0 spiro atoms. The second-order valence-electron chi connectivity index (χ2n) is 6.87. The summed E-state index contributed by atoms with van der Waals surface area (Å²) in [5, 5.41) is 10.8. The lowest BCUT2D eigenvalue weighted by atomic mass is 10.0. The van der Waals surface area contributed by atoms with Crippen molar-refractivity contribution < 1.29 is 19.2 Å². The van der Waals surface area contributed by atoms with E-state index in [4.69, 9.17) is 9.47 Å². The maximum atomic E-state index is 11.4. The number of rotatable bonds is 6. The molecule has 0 saturated carbocycles. The summed E-state index contributed by atoms with van der Waals surface area (Å²) in [5.41, 5.74) is 3.80. The number of carbonyl (C=O) groups excluding carboxylic acids is 1. The van der Waals surface area contributed by atoms with Crippen LogP contribution in [0.15, 0.2) is 54.7 Å². The van der Waals surface area contributed by atoms with Gasteiger partial charge in [-0.2, -0.15) is 0 Å². The lowest BCUT2D eigenvalue weighted by Gasteiger charge is -2.22. The van der Waals surface area contributed by atoms with Crippen molar-refractivity contribution >= 4 is 11.6 Å². The van der Waals surface area contributed by atoms with Crippen LogP contribution in [-0.2, 0) is 17.9 Å². The van der Waals surface area contributed by atoms with Crippen molar-refractivity contribution in [3.8, 4) is 17.1 Å². The first-order chi connectivity index (χ1) is 14.0. The number of hydrogen-bond donors (Lipinski definition) is 0. The lowest BCUT2D eigenvalue weighted by Crippen LogP contribution is -2.32. The Bertz CT molecular complexity index is 1040. The molecule has 0 bridgehead atoms. The Labute approximate surface area is 166 Å². The zero-order valence-electron chi connectivity index (χ0n) is 15.8. The van der Waals surface area contributed by atoms with Gasteiger partial charge in [-0.3, -0.25) is 9.36 Å². The molecular formula is C21H19N3O5. The van der Waals surface area contributed by atoms with Crippen LogP contribution in [0.4, 0.5) is 5.82 Å². The molecule has 0 amide bonds. The Morgan fingerprint density at radius 1 is 1.21 bits per heavy atom. The molecule has 4 rings (SSSR count). The van der Waals surface area contributed by atoms with E-state index in [0.717, 1.165) is 16.7 Å². The highest BCUT2D eigenvalue weighted by Gasteiger charge is 2.28. The molecule has 0 unspecified atom stereocenters. The standard InChI is InChI=1S/C21H19N3O5/c1-14(25)16-6-8-18(9-7-16)17-4-2-15(3-5-17)12-28-19-10-23-11-20(24(26)27)22-21(23)29-13-19/h2-9,11,19H,10,12-13H2,1H3/t19-/m0/s1. The Hall–Kier alpha value is -3.52. The first-order valence-electron chi connectivity index (χ1n) is 9.16. The third kappa shape index (κ3) is 4.17. The van der Waals surface area contributed by atoms with Crippen molar-refractivity contribution in [2.24, 2.45) is 0 Å². The largest absolute Gasteiger partial charge is 0.443 e. The van der Waals surface area contributed by atoms with Crippen molar-refractivity contribution in [2.45, 2.75) is 26.2 Å². The van der Waals surface area contributed by atoms with Crippen molar-refractivity contribution in [3.05, 3.63) is 76.0 Å². The minimum atomic E-state index is -0.542. The summed E-state index contributed by atoms with van der Waals surface area (Å²) in [6, 6.07) is 15.8. The topological polar surface area (TPSA) is 96.5 Å². The van der Waals surface area contributed by atoms with E-state index in [1.807, 2.05) is 48.5 Å². The van der Waals surface area contributed by atoms with Gasteiger partial charge in [0.05, 0.1) is 13.2 Å². The highest BCUT2D eigenvalue weighted by atomic mass is 16.6. The minimum absolute atomic E-state index is 0.0492. The van der Waals surface area contributed by atoms with Crippen LogP contribution in [0.25, 0.3) is 11.1 Å². The van der Waals surface area contributed by atoms with Gasteiger partial charge in [-0.15, -0.1) is 0 Å². The van der Waals surface area contributed by atoms with Gasteiger partial charge in [0.2, 0.25) is 0 Å². The number of Topliss-reactive ketones (excluding diaryl/α,β-unsaturated/α-hetero) is 1. The van der Waals surface area contributed by atoms with Crippen LogP contribution in [0, 0.1) is 10.1 Å². The number of ether oxygens (including phenoxy) is 2. The molecular weight excluding hydrogens is 374 g/mol. The molecule has 1 atom stereocenters. The Balaban J connectivity index is 1.35. The second kappa shape index (κ2) is 7.84. The van der Waals surface area contributed by atoms with E-state index in [-0.39, 0.29) is 23.7 Å². The fraction of sp³-hybridized carbons (Fsp3) is 0.238. The number of nitrogens with zero attached hydrogens (tertiary/aromatic N) is 3. The monoisotopic (exact) mass is 393 g/mol. The molecule has 148 valence electrons. The minimum Gasteiger partial charge on any atom is -0.443 e. The van der Waals surface area contributed by atoms with Gasteiger partial charge in [0.1, 0.15) is 18.9 Å². The molecule has 0 saturated heterocycles. The second-order valence-corrected chi connectivity index (χ2v) is 6.87. The molecule has 2 heterocycles. The first kappa shape index (κ1) is 18.8. The predicted molar refractivity (Wildman–Crippen MR) is 105 cm³/mol. The van der Waals surface area contributed by atoms with Gasteiger partial charge in [0.15, 0.2) is 5.78 Å². The normalized spacial score (nSPS) is 15.4. The number of benzene rings is 2.